The SMILES string of the molecule is C=CCN(C(=O)C1N([C@@H](CC)CO)C(=O)[C@@H]2[C@H](C(=O)OCC)[C@H]3SC12CC3Br)C(C)(C)CC(C)(C)C. The molecule has 1 spiro atoms. The van der Waals surface area contributed by atoms with Gasteiger partial charge in [-0.05, 0) is 45.4 Å². The standard InChI is InChI=1S/C27H43BrN2O5S/c1-9-12-29(26(7,8)15-25(4,5)6)23(33)21-27-13-17(28)20(36-27)18(24(34)35-11-3)19(27)22(32)30(21)16(10-2)14-31/h9,16-21,31H,1,10-15H2,2-8H3/t16-,17?,18-,19-,20-,21?,27?/m0/s1. The summed E-state index contributed by atoms with van der Waals surface area (Å²) in [7, 11) is 0. The van der Waals surface area contributed by atoms with Crippen LogP contribution in [0.5, 0.6) is 0 Å². The molecule has 7 atom stereocenters. The van der Waals surface area contributed by atoms with Crippen molar-refractivity contribution in [2.24, 2.45) is 17.3 Å². The predicted octanol–water partition coefficient (Wildman–Crippen LogP) is 4.01. The molecule has 9 heteroatoms. The lowest BCUT2D eigenvalue weighted by Gasteiger charge is -2.46. The first kappa shape index (κ1) is 29.5. The topological polar surface area (TPSA) is 87.2 Å². The number of rotatable bonds is 10. The molecule has 3 aliphatic rings. The lowest BCUT2D eigenvalue weighted by molar-refractivity contribution is -0.154. The molecule has 3 unspecified atom stereocenters. The van der Waals surface area contributed by atoms with Crippen LogP contribution in [0.25, 0.3) is 0 Å². The van der Waals surface area contributed by atoms with Gasteiger partial charge in [-0.25, -0.2) is 0 Å². The van der Waals surface area contributed by atoms with E-state index in [9.17, 15) is 19.5 Å². The summed E-state index contributed by atoms with van der Waals surface area (Å²) < 4.78 is 4.66. The van der Waals surface area contributed by atoms with E-state index >= 15 is 0 Å². The molecule has 0 aromatic heterocycles. The van der Waals surface area contributed by atoms with Crippen LogP contribution >= 0.6 is 27.7 Å². The van der Waals surface area contributed by atoms with Gasteiger partial charge in [0.15, 0.2) is 0 Å². The Bertz CT molecular complexity index is 886. The third-order valence-electron chi connectivity index (χ3n) is 7.87. The summed E-state index contributed by atoms with van der Waals surface area (Å²) in [6, 6.07) is -1.28. The van der Waals surface area contributed by atoms with E-state index in [1.165, 1.54) is 0 Å². The van der Waals surface area contributed by atoms with Gasteiger partial charge in [0.05, 0.1) is 35.8 Å². The van der Waals surface area contributed by atoms with Crippen LogP contribution in [0.4, 0.5) is 0 Å². The minimum absolute atomic E-state index is 0.0131. The van der Waals surface area contributed by atoms with E-state index in [0.717, 1.165) is 6.42 Å². The number of hydrogen-bond acceptors (Lipinski definition) is 6. The molecule has 3 aliphatic heterocycles. The molecule has 0 saturated carbocycles. The molecule has 7 nitrogen and oxygen atoms in total. The van der Waals surface area contributed by atoms with Crippen LogP contribution in [0.3, 0.4) is 0 Å². The number of halogens is 1. The molecule has 0 aromatic rings. The van der Waals surface area contributed by atoms with Gasteiger partial charge in [-0.15, -0.1) is 18.3 Å². The van der Waals surface area contributed by atoms with Crippen molar-refractivity contribution < 1.29 is 24.2 Å². The number of aliphatic hydroxyl groups excluding tert-OH is 1. The zero-order chi connectivity index (χ0) is 27.2. The van der Waals surface area contributed by atoms with E-state index in [2.05, 4.69) is 57.1 Å². The van der Waals surface area contributed by atoms with Crippen LogP contribution in [-0.4, -0.2) is 84.9 Å². The Morgan fingerprint density at radius 3 is 2.47 bits per heavy atom. The fourth-order valence-electron chi connectivity index (χ4n) is 6.97. The Morgan fingerprint density at radius 2 is 1.97 bits per heavy atom. The quantitative estimate of drug-likeness (QED) is 0.236. The Hall–Kier alpha value is -1.06. The number of amides is 2. The Kier molecular flexibility index (Phi) is 8.69. The van der Waals surface area contributed by atoms with Gasteiger partial charge in [-0.1, -0.05) is 49.7 Å². The molecule has 1 N–H and O–H groups in total. The summed E-state index contributed by atoms with van der Waals surface area (Å²) in [5, 5.41) is 10.1. The minimum Gasteiger partial charge on any atom is -0.466 e. The van der Waals surface area contributed by atoms with Gasteiger partial charge in [0.25, 0.3) is 0 Å². The van der Waals surface area contributed by atoms with Crippen molar-refractivity contribution in [2.75, 3.05) is 19.8 Å². The molecule has 204 valence electrons. The normalized spacial score (nSPS) is 32.4. The summed E-state index contributed by atoms with van der Waals surface area (Å²) in [5.41, 5.74) is -0.522. The smallest absolute Gasteiger partial charge is 0.310 e. The second-order valence-corrected chi connectivity index (χ2v) is 14.9. The number of nitrogens with zero attached hydrogens (tertiary/aromatic N) is 2. The fraction of sp³-hybridized carbons (Fsp3) is 0.815. The fourth-order valence-corrected chi connectivity index (χ4v) is 10.5. The van der Waals surface area contributed by atoms with E-state index in [0.29, 0.717) is 19.4 Å². The number of carbonyl (C=O) groups is 3. The molecule has 2 amide bonds. The number of esters is 1. The van der Waals surface area contributed by atoms with Crippen molar-refractivity contribution in [1.82, 2.24) is 9.80 Å². The van der Waals surface area contributed by atoms with Crippen LogP contribution in [0.1, 0.15) is 67.7 Å². The lowest BCUT2D eigenvalue weighted by Crippen LogP contribution is -2.61. The first-order chi connectivity index (χ1) is 16.7. The zero-order valence-electron chi connectivity index (χ0n) is 22.8. The van der Waals surface area contributed by atoms with Crippen molar-refractivity contribution >= 4 is 45.5 Å². The summed E-state index contributed by atoms with van der Waals surface area (Å²) in [6.45, 7) is 18.5. The minimum atomic E-state index is -0.777. The maximum absolute atomic E-state index is 14.7. The number of ether oxygens (including phenoxy) is 1. The summed E-state index contributed by atoms with van der Waals surface area (Å²) in [4.78, 5) is 45.4. The van der Waals surface area contributed by atoms with Gasteiger partial charge in [0, 0.05) is 22.2 Å². The van der Waals surface area contributed by atoms with Crippen LogP contribution in [0.15, 0.2) is 12.7 Å². The molecule has 3 rings (SSSR count). The molecule has 3 heterocycles. The summed E-state index contributed by atoms with van der Waals surface area (Å²) in [5.74, 6) is -1.99. The van der Waals surface area contributed by atoms with Crippen molar-refractivity contribution in [3.05, 3.63) is 12.7 Å². The van der Waals surface area contributed by atoms with Gasteiger partial charge >= 0.3 is 5.97 Å². The van der Waals surface area contributed by atoms with Crippen molar-refractivity contribution in [1.29, 1.82) is 0 Å². The Balaban J connectivity index is 2.15. The third-order valence-corrected chi connectivity index (χ3v) is 11.1. The van der Waals surface area contributed by atoms with E-state index in [1.807, 2.05) is 11.8 Å². The van der Waals surface area contributed by atoms with E-state index in [-0.39, 0.29) is 46.5 Å². The second-order valence-electron chi connectivity index (χ2n) is 12.2. The molecule has 3 saturated heterocycles. The Morgan fingerprint density at radius 1 is 1.33 bits per heavy atom. The number of likely N-dealkylation sites (tertiary alicyclic amines) is 1. The van der Waals surface area contributed by atoms with Crippen LogP contribution in [-0.2, 0) is 19.1 Å². The van der Waals surface area contributed by atoms with Gasteiger partial charge in [-0.2, -0.15) is 0 Å². The van der Waals surface area contributed by atoms with Crippen molar-refractivity contribution in [2.45, 2.75) is 100 Å². The molecule has 36 heavy (non-hydrogen) atoms. The molecule has 0 aliphatic carbocycles. The van der Waals surface area contributed by atoms with E-state index in [1.54, 1.807) is 29.7 Å². The largest absolute Gasteiger partial charge is 0.466 e. The third kappa shape index (κ3) is 4.89. The van der Waals surface area contributed by atoms with E-state index < -0.39 is 34.2 Å². The number of thioether (sulfide) groups is 1. The molecule has 0 aromatic carbocycles. The molecular formula is C27H43BrN2O5S. The number of alkyl halides is 1. The average molecular weight is 588 g/mol. The first-order valence-electron chi connectivity index (χ1n) is 13.0. The highest BCUT2D eigenvalue weighted by Gasteiger charge is 2.76. The van der Waals surface area contributed by atoms with Gasteiger partial charge in [0.2, 0.25) is 11.8 Å². The highest BCUT2D eigenvalue weighted by atomic mass is 79.9. The summed E-state index contributed by atoms with van der Waals surface area (Å²) >= 11 is 5.37. The maximum atomic E-state index is 14.7. The molecule has 0 radical (unpaired) electrons. The van der Waals surface area contributed by atoms with Gasteiger partial charge in [-0.3, -0.25) is 14.4 Å². The number of hydrogen-bond donors (Lipinski definition) is 1. The molecule has 3 fully saturated rings. The highest BCUT2D eigenvalue weighted by Crippen LogP contribution is 2.68. The van der Waals surface area contributed by atoms with Crippen molar-refractivity contribution in [3.63, 3.8) is 0 Å². The first-order valence-corrected chi connectivity index (χ1v) is 14.8. The molecular weight excluding hydrogens is 544 g/mol. The van der Waals surface area contributed by atoms with Crippen LogP contribution in [0, 0.1) is 17.3 Å². The average Bonchev–Trinajstić information content (AvgIpc) is 3.35. The van der Waals surface area contributed by atoms with Gasteiger partial charge in [0.1, 0.15) is 6.04 Å². The second kappa shape index (κ2) is 10.6. The molecule has 2 bridgehead atoms. The lowest BCUT2D eigenvalue weighted by atomic mass is 9.70. The monoisotopic (exact) mass is 586 g/mol. The predicted molar refractivity (Wildman–Crippen MR) is 147 cm³/mol. The van der Waals surface area contributed by atoms with Crippen LogP contribution in [0.2, 0.25) is 0 Å². The Labute approximate surface area is 228 Å². The number of carbonyl (C=O) groups excluding carboxylic acids is 3. The number of fused-ring (bicyclic) bond motifs is 1. The van der Waals surface area contributed by atoms with Crippen molar-refractivity contribution in [3.8, 4) is 0 Å². The van der Waals surface area contributed by atoms with Gasteiger partial charge < -0.3 is 19.6 Å². The maximum Gasteiger partial charge on any atom is 0.310 e. The van der Waals surface area contributed by atoms with Crippen LogP contribution < -0.4 is 0 Å². The number of aliphatic hydroxyl groups is 1. The summed E-state index contributed by atoms with van der Waals surface area (Å²) in [6.07, 6.45) is 3.61. The highest BCUT2D eigenvalue weighted by molar-refractivity contribution is 9.09. The van der Waals surface area contributed by atoms with E-state index in [4.69, 9.17) is 4.74 Å². The zero-order valence-corrected chi connectivity index (χ0v) is 25.2.